The summed E-state index contributed by atoms with van der Waals surface area (Å²) in [4.78, 5) is 19.1. The number of morpholine rings is 1. The highest BCUT2D eigenvalue weighted by Gasteiger charge is 2.17. The summed E-state index contributed by atoms with van der Waals surface area (Å²) in [5, 5.41) is 6.30. The van der Waals surface area contributed by atoms with E-state index in [2.05, 4.69) is 25.3 Å². The minimum atomic E-state index is 0.0148. The van der Waals surface area contributed by atoms with Crippen LogP contribution in [-0.2, 0) is 4.74 Å². The van der Waals surface area contributed by atoms with Gasteiger partial charge in [-0.3, -0.25) is 0 Å². The summed E-state index contributed by atoms with van der Waals surface area (Å²) in [6, 6.07) is 0.0148. The number of hydrogen-bond acceptors (Lipinski definition) is 8. The third kappa shape index (κ3) is 3.58. The first kappa shape index (κ1) is 14.4. The molecule has 0 bridgehead atoms. The lowest BCUT2D eigenvalue weighted by Crippen LogP contribution is -2.37. The maximum atomic E-state index is 6.00. The fraction of sp³-hybridized carbons (Fsp3) is 0.500. The number of ether oxygens (including phenoxy) is 1. The van der Waals surface area contributed by atoms with Crippen molar-refractivity contribution in [1.82, 2.24) is 19.9 Å². The molecule has 9 heteroatoms. The molecule has 112 valence electrons. The van der Waals surface area contributed by atoms with Gasteiger partial charge in [-0.25, -0.2) is 4.98 Å². The molecular weight excluding hydrogens is 312 g/mol. The quantitative estimate of drug-likeness (QED) is 0.920. The van der Waals surface area contributed by atoms with Gasteiger partial charge >= 0.3 is 0 Å². The van der Waals surface area contributed by atoms with Crippen LogP contribution in [-0.4, -0.2) is 46.2 Å². The highest BCUT2D eigenvalue weighted by Crippen LogP contribution is 2.21. The van der Waals surface area contributed by atoms with Gasteiger partial charge in [0.15, 0.2) is 0 Å². The Bertz CT molecular complexity index is 589. The lowest BCUT2D eigenvalue weighted by molar-refractivity contribution is 0.122. The minimum absolute atomic E-state index is 0.0148. The van der Waals surface area contributed by atoms with E-state index in [1.807, 2.05) is 17.2 Å². The van der Waals surface area contributed by atoms with E-state index < -0.39 is 0 Å². The number of halogens is 1. The zero-order chi connectivity index (χ0) is 14.7. The van der Waals surface area contributed by atoms with E-state index in [9.17, 15) is 0 Å². The third-order valence-electron chi connectivity index (χ3n) is 3.06. The fourth-order valence-electron chi connectivity index (χ4n) is 2.01. The number of thiazole rings is 1. The molecule has 3 heterocycles. The Morgan fingerprint density at radius 2 is 2.14 bits per heavy atom. The first-order valence-electron chi connectivity index (χ1n) is 6.62. The molecule has 21 heavy (non-hydrogen) atoms. The molecule has 0 spiro atoms. The molecule has 1 unspecified atom stereocenters. The molecule has 1 aliphatic heterocycles. The lowest BCUT2D eigenvalue weighted by atomic mass is 10.4. The van der Waals surface area contributed by atoms with Crippen molar-refractivity contribution in [2.24, 2.45) is 0 Å². The molecule has 3 rings (SSSR count). The van der Waals surface area contributed by atoms with Crippen LogP contribution in [0.1, 0.15) is 18.0 Å². The maximum Gasteiger partial charge on any atom is 0.231 e. The van der Waals surface area contributed by atoms with Crippen molar-refractivity contribution in [1.29, 1.82) is 0 Å². The van der Waals surface area contributed by atoms with Gasteiger partial charge in [-0.15, -0.1) is 11.3 Å². The van der Waals surface area contributed by atoms with Crippen LogP contribution in [0.4, 0.5) is 11.9 Å². The van der Waals surface area contributed by atoms with Crippen molar-refractivity contribution in [3.05, 3.63) is 21.9 Å². The Morgan fingerprint density at radius 1 is 1.33 bits per heavy atom. The number of nitrogens with one attached hydrogen (secondary N) is 1. The second kappa shape index (κ2) is 6.50. The van der Waals surface area contributed by atoms with E-state index in [-0.39, 0.29) is 11.3 Å². The Kier molecular flexibility index (Phi) is 4.47. The van der Waals surface area contributed by atoms with Gasteiger partial charge in [0.2, 0.25) is 17.2 Å². The van der Waals surface area contributed by atoms with E-state index in [4.69, 9.17) is 16.3 Å². The third-order valence-corrected chi connectivity index (χ3v) is 4.18. The van der Waals surface area contributed by atoms with Crippen molar-refractivity contribution in [2.45, 2.75) is 13.0 Å². The van der Waals surface area contributed by atoms with E-state index in [1.54, 1.807) is 17.5 Å². The summed E-state index contributed by atoms with van der Waals surface area (Å²) < 4.78 is 5.33. The molecule has 1 saturated heterocycles. The van der Waals surface area contributed by atoms with Crippen LogP contribution in [0.5, 0.6) is 0 Å². The highest BCUT2D eigenvalue weighted by molar-refractivity contribution is 7.09. The van der Waals surface area contributed by atoms with Gasteiger partial charge in [-0.2, -0.15) is 15.0 Å². The van der Waals surface area contributed by atoms with E-state index >= 15 is 0 Å². The molecule has 1 aliphatic rings. The molecule has 2 aromatic rings. The largest absolute Gasteiger partial charge is 0.378 e. The fourth-order valence-corrected chi connectivity index (χ4v) is 2.81. The van der Waals surface area contributed by atoms with Crippen molar-refractivity contribution >= 4 is 34.8 Å². The molecule has 7 nitrogen and oxygen atoms in total. The number of aromatic nitrogens is 4. The van der Waals surface area contributed by atoms with Gasteiger partial charge < -0.3 is 15.0 Å². The second-order valence-electron chi connectivity index (χ2n) is 4.56. The van der Waals surface area contributed by atoms with Gasteiger partial charge in [0.1, 0.15) is 5.01 Å². The zero-order valence-electron chi connectivity index (χ0n) is 11.5. The molecule has 1 fully saturated rings. The smallest absolute Gasteiger partial charge is 0.231 e. The van der Waals surface area contributed by atoms with Crippen LogP contribution in [0.2, 0.25) is 5.28 Å². The first-order valence-corrected chi connectivity index (χ1v) is 7.88. The minimum Gasteiger partial charge on any atom is -0.378 e. The SMILES string of the molecule is CC(Nc1nc(Cl)nc(N2CCOCC2)n1)c1nccs1. The Morgan fingerprint density at radius 3 is 2.86 bits per heavy atom. The predicted octanol–water partition coefficient (Wildman–Crippen LogP) is 1.99. The summed E-state index contributed by atoms with van der Waals surface area (Å²) in [7, 11) is 0. The molecule has 0 radical (unpaired) electrons. The zero-order valence-corrected chi connectivity index (χ0v) is 13.1. The van der Waals surface area contributed by atoms with Crippen LogP contribution >= 0.6 is 22.9 Å². The molecular formula is C12H15ClN6OS. The summed E-state index contributed by atoms with van der Waals surface area (Å²) >= 11 is 7.59. The molecule has 1 N–H and O–H groups in total. The average Bonchev–Trinajstić information content (AvgIpc) is 3.02. The van der Waals surface area contributed by atoms with E-state index in [0.29, 0.717) is 25.1 Å². The van der Waals surface area contributed by atoms with E-state index in [1.165, 1.54) is 0 Å². The van der Waals surface area contributed by atoms with Crippen LogP contribution in [0, 0.1) is 0 Å². The molecule has 0 saturated carbocycles. The van der Waals surface area contributed by atoms with Gasteiger partial charge in [0, 0.05) is 24.7 Å². The highest BCUT2D eigenvalue weighted by atomic mass is 35.5. The predicted molar refractivity (Wildman–Crippen MR) is 82.0 cm³/mol. The van der Waals surface area contributed by atoms with Crippen LogP contribution < -0.4 is 10.2 Å². The molecule has 2 aromatic heterocycles. The number of hydrogen-bond donors (Lipinski definition) is 1. The van der Waals surface area contributed by atoms with Crippen molar-refractivity contribution < 1.29 is 4.74 Å². The Balaban J connectivity index is 1.77. The number of nitrogens with zero attached hydrogens (tertiary/aromatic N) is 5. The normalized spacial score (nSPS) is 16.8. The van der Waals surface area contributed by atoms with Crippen LogP contribution in [0.25, 0.3) is 0 Å². The van der Waals surface area contributed by atoms with Crippen LogP contribution in [0.15, 0.2) is 11.6 Å². The lowest BCUT2D eigenvalue weighted by Gasteiger charge is -2.27. The van der Waals surface area contributed by atoms with Gasteiger partial charge in [-0.1, -0.05) is 0 Å². The molecule has 0 amide bonds. The average molecular weight is 327 g/mol. The first-order chi connectivity index (χ1) is 10.2. The van der Waals surface area contributed by atoms with Crippen molar-refractivity contribution in [3.8, 4) is 0 Å². The van der Waals surface area contributed by atoms with E-state index in [0.717, 1.165) is 18.1 Å². The Hall–Kier alpha value is -1.51. The van der Waals surface area contributed by atoms with Gasteiger partial charge in [0.05, 0.1) is 19.3 Å². The number of anilines is 2. The second-order valence-corrected chi connectivity index (χ2v) is 5.83. The molecule has 0 aromatic carbocycles. The summed E-state index contributed by atoms with van der Waals surface area (Å²) in [6.07, 6.45) is 1.78. The monoisotopic (exact) mass is 326 g/mol. The summed E-state index contributed by atoms with van der Waals surface area (Å²) in [5.41, 5.74) is 0. The van der Waals surface area contributed by atoms with Gasteiger partial charge in [0.25, 0.3) is 0 Å². The number of rotatable bonds is 4. The Labute approximate surface area is 131 Å². The topological polar surface area (TPSA) is 76.1 Å². The maximum absolute atomic E-state index is 6.00. The van der Waals surface area contributed by atoms with Gasteiger partial charge in [-0.05, 0) is 18.5 Å². The van der Waals surface area contributed by atoms with Crippen molar-refractivity contribution in [3.63, 3.8) is 0 Å². The standard InChI is InChI=1S/C12H15ClN6OS/c1-8(9-14-2-7-21-9)15-11-16-10(13)17-12(18-11)19-3-5-20-6-4-19/h2,7-8H,3-6H2,1H3,(H,15,16,17,18). The molecule has 1 atom stereocenters. The van der Waals surface area contributed by atoms with Crippen LogP contribution in [0.3, 0.4) is 0 Å². The molecule has 0 aliphatic carbocycles. The summed E-state index contributed by atoms with van der Waals surface area (Å²) in [5.74, 6) is 1.03. The van der Waals surface area contributed by atoms with Crippen molar-refractivity contribution in [2.75, 3.05) is 36.5 Å². The summed E-state index contributed by atoms with van der Waals surface area (Å²) in [6.45, 7) is 4.84.